The van der Waals surface area contributed by atoms with Gasteiger partial charge < -0.3 is 15.4 Å². The number of aromatic nitrogens is 1. The number of rotatable bonds is 4. The molecule has 2 aromatic rings. The van der Waals surface area contributed by atoms with Gasteiger partial charge in [0.1, 0.15) is 11.5 Å². The lowest BCUT2D eigenvalue weighted by molar-refractivity contribution is -0.148. The summed E-state index contributed by atoms with van der Waals surface area (Å²) in [5.41, 5.74) is 5.32. The maximum atomic E-state index is 13.1. The van der Waals surface area contributed by atoms with Gasteiger partial charge in [0.25, 0.3) is 0 Å². The standard InChI is InChI=1S/C20H22F3N3O2/c1-28-18(27)19(15-5-3-2-4-6-15)9-11-26(12-10-19)17-14(13-24)7-8-16(25-17)20(21,22)23/h2-8H,9-13,24H2,1H3. The van der Waals surface area contributed by atoms with E-state index in [0.29, 0.717) is 31.5 Å². The molecule has 2 heterocycles. The number of hydrogen-bond acceptors (Lipinski definition) is 5. The number of nitrogens with zero attached hydrogens (tertiary/aromatic N) is 2. The molecular formula is C20H22F3N3O2. The normalized spacial score (nSPS) is 16.7. The number of halogens is 3. The second-order valence-corrected chi connectivity index (χ2v) is 6.81. The van der Waals surface area contributed by atoms with Crippen LogP contribution in [0.15, 0.2) is 42.5 Å². The lowest BCUT2D eigenvalue weighted by atomic mass is 9.72. The summed E-state index contributed by atoms with van der Waals surface area (Å²) in [7, 11) is 1.35. The third-order valence-corrected chi connectivity index (χ3v) is 5.29. The summed E-state index contributed by atoms with van der Waals surface area (Å²) in [6.45, 7) is 0.814. The van der Waals surface area contributed by atoms with Crippen molar-refractivity contribution in [2.45, 2.75) is 31.0 Å². The summed E-state index contributed by atoms with van der Waals surface area (Å²) >= 11 is 0. The summed E-state index contributed by atoms with van der Waals surface area (Å²) in [6.07, 6.45) is -3.71. The maximum Gasteiger partial charge on any atom is 0.433 e. The van der Waals surface area contributed by atoms with Gasteiger partial charge >= 0.3 is 12.1 Å². The Morgan fingerprint density at radius 3 is 2.36 bits per heavy atom. The fourth-order valence-electron chi connectivity index (χ4n) is 3.73. The van der Waals surface area contributed by atoms with Crippen LogP contribution in [-0.4, -0.2) is 31.2 Å². The number of nitrogens with two attached hydrogens (primary N) is 1. The van der Waals surface area contributed by atoms with Crippen molar-refractivity contribution in [3.8, 4) is 0 Å². The van der Waals surface area contributed by atoms with E-state index >= 15 is 0 Å². The highest BCUT2D eigenvalue weighted by atomic mass is 19.4. The number of alkyl halides is 3. The van der Waals surface area contributed by atoms with Gasteiger partial charge in [0.05, 0.1) is 12.5 Å². The zero-order chi connectivity index (χ0) is 20.4. The molecule has 1 aliphatic heterocycles. The molecular weight excluding hydrogens is 371 g/mol. The molecule has 0 atom stereocenters. The Hall–Kier alpha value is -2.61. The predicted octanol–water partition coefficient (Wildman–Crippen LogP) is 3.27. The minimum atomic E-state index is -4.53. The van der Waals surface area contributed by atoms with Crippen LogP contribution < -0.4 is 10.6 Å². The number of hydrogen-bond donors (Lipinski definition) is 1. The van der Waals surface area contributed by atoms with Gasteiger partial charge in [-0.3, -0.25) is 4.79 Å². The van der Waals surface area contributed by atoms with Gasteiger partial charge in [-0.2, -0.15) is 13.2 Å². The van der Waals surface area contributed by atoms with Crippen molar-refractivity contribution in [2.75, 3.05) is 25.1 Å². The van der Waals surface area contributed by atoms with Crippen molar-refractivity contribution in [3.63, 3.8) is 0 Å². The molecule has 5 nitrogen and oxygen atoms in total. The number of esters is 1. The summed E-state index contributed by atoms with van der Waals surface area (Å²) in [6, 6.07) is 11.6. The second kappa shape index (κ2) is 7.79. The highest BCUT2D eigenvalue weighted by Crippen LogP contribution is 2.39. The van der Waals surface area contributed by atoms with Gasteiger partial charge in [0.2, 0.25) is 0 Å². The third kappa shape index (κ3) is 3.69. The van der Waals surface area contributed by atoms with Gasteiger partial charge in [-0.25, -0.2) is 4.98 Å². The van der Waals surface area contributed by atoms with Gasteiger partial charge in [-0.05, 0) is 24.5 Å². The average Bonchev–Trinajstić information content (AvgIpc) is 2.72. The Morgan fingerprint density at radius 1 is 1.18 bits per heavy atom. The monoisotopic (exact) mass is 393 g/mol. The van der Waals surface area contributed by atoms with Gasteiger partial charge in [-0.1, -0.05) is 36.4 Å². The number of methoxy groups -OCH3 is 1. The summed E-state index contributed by atoms with van der Waals surface area (Å²) in [4.78, 5) is 18.2. The number of anilines is 1. The van der Waals surface area contributed by atoms with E-state index in [9.17, 15) is 18.0 Å². The summed E-state index contributed by atoms with van der Waals surface area (Å²) in [5, 5.41) is 0. The lowest BCUT2D eigenvalue weighted by Gasteiger charge is -2.41. The van der Waals surface area contributed by atoms with Crippen LogP contribution in [0.1, 0.15) is 29.7 Å². The Labute approximate surface area is 161 Å². The number of benzene rings is 1. The molecule has 1 fully saturated rings. The number of piperidine rings is 1. The Balaban J connectivity index is 1.91. The van der Waals surface area contributed by atoms with Crippen LogP contribution in [0.2, 0.25) is 0 Å². The molecule has 1 aromatic heterocycles. The number of pyridine rings is 1. The van der Waals surface area contributed by atoms with Crippen molar-refractivity contribution in [2.24, 2.45) is 5.73 Å². The molecule has 0 aliphatic carbocycles. The minimum Gasteiger partial charge on any atom is -0.468 e. The first kappa shape index (κ1) is 20.1. The molecule has 2 N–H and O–H groups in total. The van der Waals surface area contributed by atoms with Crippen LogP contribution in [0.3, 0.4) is 0 Å². The Kier molecular flexibility index (Phi) is 5.60. The van der Waals surface area contributed by atoms with E-state index in [0.717, 1.165) is 11.6 Å². The highest BCUT2D eigenvalue weighted by molar-refractivity contribution is 5.83. The van der Waals surface area contributed by atoms with E-state index in [-0.39, 0.29) is 18.3 Å². The fourth-order valence-corrected chi connectivity index (χ4v) is 3.73. The van der Waals surface area contributed by atoms with E-state index in [2.05, 4.69) is 4.98 Å². The van der Waals surface area contributed by atoms with E-state index in [4.69, 9.17) is 10.5 Å². The quantitative estimate of drug-likeness (QED) is 0.808. The number of carbonyl (C=O) groups is 1. The molecule has 1 aromatic carbocycles. The SMILES string of the molecule is COC(=O)C1(c2ccccc2)CCN(c2nc(C(F)(F)F)ccc2CN)CC1. The second-order valence-electron chi connectivity index (χ2n) is 6.81. The average molecular weight is 393 g/mol. The minimum absolute atomic E-state index is 0.0812. The fraction of sp³-hybridized carbons (Fsp3) is 0.400. The van der Waals surface area contributed by atoms with Crippen LogP contribution >= 0.6 is 0 Å². The first-order chi connectivity index (χ1) is 13.3. The molecule has 0 saturated carbocycles. The van der Waals surface area contributed by atoms with E-state index in [1.54, 1.807) is 4.90 Å². The highest BCUT2D eigenvalue weighted by Gasteiger charge is 2.44. The Morgan fingerprint density at radius 2 is 1.82 bits per heavy atom. The van der Waals surface area contributed by atoms with E-state index in [1.807, 2.05) is 30.3 Å². The summed E-state index contributed by atoms with van der Waals surface area (Å²) in [5.74, 6) is -0.113. The first-order valence-electron chi connectivity index (χ1n) is 8.98. The Bertz CT molecular complexity index is 832. The zero-order valence-electron chi connectivity index (χ0n) is 15.5. The van der Waals surface area contributed by atoms with Crippen molar-refractivity contribution in [1.82, 2.24) is 4.98 Å². The molecule has 28 heavy (non-hydrogen) atoms. The van der Waals surface area contributed by atoms with Crippen LogP contribution in [-0.2, 0) is 27.7 Å². The molecule has 0 amide bonds. The van der Waals surface area contributed by atoms with Crippen LogP contribution in [0.5, 0.6) is 0 Å². The van der Waals surface area contributed by atoms with Gasteiger partial charge in [-0.15, -0.1) is 0 Å². The van der Waals surface area contributed by atoms with Gasteiger partial charge in [0, 0.05) is 25.2 Å². The van der Waals surface area contributed by atoms with Gasteiger partial charge in [0.15, 0.2) is 0 Å². The first-order valence-corrected chi connectivity index (χ1v) is 8.98. The van der Waals surface area contributed by atoms with Crippen LogP contribution in [0, 0.1) is 0 Å². The largest absolute Gasteiger partial charge is 0.468 e. The van der Waals surface area contributed by atoms with E-state index in [1.165, 1.54) is 13.2 Å². The van der Waals surface area contributed by atoms with Crippen molar-refractivity contribution in [1.29, 1.82) is 0 Å². The van der Waals surface area contributed by atoms with Crippen molar-refractivity contribution >= 4 is 11.8 Å². The molecule has 0 radical (unpaired) electrons. The third-order valence-electron chi connectivity index (χ3n) is 5.29. The molecule has 0 unspecified atom stereocenters. The molecule has 8 heteroatoms. The smallest absolute Gasteiger partial charge is 0.433 e. The van der Waals surface area contributed by atoms with Crippen molar-refractivity contribution in [3.05, 3.63) is 59.3 Å². The zero-order valence-corrected chi connectivity index (χ0v) is 15.5. The molecule has 0 spiro atoms. The van der Waals surface area contributed by atoms with E-state index < -0.39 is 17.3 Å². The maximum absolute atomic E-state index is 13.1. The molecule has 150 valence electrons. The molecule has 1 aliphatic rings. The molecule has 0 bridgehead atoms. The molecule has 3 rings (SSSR count). The predicted molar refractivity (Wildman–Crippen MR) is 98.7 cm³/mol. The number of ether oxygens (including phenoxy) is 1. The topological polar surface area (TPSA) is 68.5 Å². The number of carbonyl (C=O) groups excluding carboxylic acids is 1. The molecule has 1 saturated heterocycles. The lowest BCUT2D eigenvalue weighted by Crippen LogP contribution is -2.48. The van der Waals surface area contributed by atoms with Crippen LogP contribution in [0.25, 0.3) is 0 Å². The van der Waals surface area contributed by atoms with Crippen LogP contribution in [0.4, 0.5) is 19.0 Å². The summed E-state index contributed by atoms with van der Waals surface area (Å²) < 4.78 is 44.3. The van der Waals surface area contributed by atoms with Crippen molar-refractivity contribution < 1.29 is 22.7 Å².